The molecule has 8 heteroatoms. The zero-order valence-corrected chi connectivity index (χ0v) is 34.0. The first-order valence-corrected chi connectivity index (χ1v) is 24.3. The number of rotatable bonds is 7. The van der Waals surface area contributed by atoms with Crippen molar-refractivity contribution in [3.05, 3.63) is 86.2 Å². The summed E-state index contributed by atoms with van der Waals surface area (Å²) in [6.45, 7) is 13.7. The first-order valence-electron chi connectivity index (χ1n) is 15.7. The van der Waals surface area contributed by atoms with Crippen molar-refractivity contribution < 1.29 is 8.83 Å². The molecular weight excluding hydrogens is 796 g/mol. The Morgan fingerprint density at radius 1 is 0.545 bits per heavy atom. The molecule has 2 heterocycles. The molecule has 6 aromatic rings. The van der Waals surface area contributed by atoms with E-state index in [4.69, 9.17) is 19.9 Å². The highest BCUT2D eigenvalue weighted by molar-refractivity contribution is 9.11. The van der Waals surface area contributed by atoms with Gasteiger partial charge in [0.05, 0.1) is 8.07 Å². The lowest BCUT2D eigenvalue weighted by atomic mass is 10.1. The van der Waals surface area contributed by atoms with Gasteiger partial charge in [-0.1, -0.05) is 128 Å². The molecule has 0 saturated heterocycles. The average Bonchev–Trinajstić information content (AvgIpc) is 3.60. The fourth-order valence-corrected chi connectivity index (χ4v) is 13.5. The Balaban J connectivity index is 0.000000167. The third kappa shape index (κ3) is 7.44. The summed E-state index contributed by atoms with van der Waals surface area (Å²) in [5.41, 5.74) is 3.84. The van der Waals surface area contributed by atoms with E-state index < -0.39 is 15.5 Å². The van der Waals surface area contributed by atoms with E-state index in [1.54, 1.807) is 5.19 Å². The van der Waals surface area contributed by atoms with E-state index in [9.17, 15) is 0 Å². The van der Waals surface area contributed by atoms with Crippen LogP contribution in [0.3, 0.4) is 0 Å². The van der Waals surface area contributed by atoms with Gasteiger partial charge in [0.15, 0.2) is 7.38 Å². The highest BCUT2D eigenvalue weighted by Crippen LogP contribution is 2.36. The lowest BCUT2D eigenvalue weighted by Gasteiger charge is -2.29. The van der Waals surface area contributed by atoms with Crippen LogP contribution < -0.4 is 5.19 Å². The minimum Gasteiger partial charge on any atom is -0.456 e. The normalized spacial score (nSPS) is 12.0. The highest BCUT2D eigenvalue weighted by Gasteiger charge is 2.32. The molecule has 6 rings (SSSR count). The Morgan fingerprint density at radius 3 is 1.43 bits per heavy atom. The van der Waals surface area contributed by atoms with Crippen LogP contribution in [0, 0.1) is 0 Å². The van der Waals surface area contributed by atoms with Gasteiger partial charge in [-0.15, -0.1) is 0 Å². The maximum absolute atomic E-state index is 6.23. The summed E-state index contributed by atoms with van der Waals surface area (Å²) in [5.74, 6) is 0. The van der Waals surface area contributed by atoms with Crippen molar-refractivity contribution in [2.75, 3.05) is 0 Å². The van der Waals surface area contributed by atoms with Crippen molar-refractivity contribution in [3.8, 4) is 0 Å². The Morgan fingerprint density at radius 2 is 0.977 bits per heavy atom. The van der Waals surface area contributed by atoms with E-state index in [-0.39, 0.29) is 0 Å². The van der Waals surface area contributed by atoms with Crippen LogP contribution in [0.5, 0.6) is 0 Å². The van der Waals surface area contributed by atoms with Crippen LogP contribution in [0.4, 0.5) is 0 Å². The summed E-state index contributed by atoms with van der Waals surface area (Å²) in [4.78, 5) is 0. The molecule has 2 aromatic heterocycles. The number of fused-ring (bicyclic) bond motifs is 6. The second-order valence-electron chi connectivity index (χ2n) is 11.3. The van der Waals surface area contributed by atoms with Gasteiger partial charge in [-0.2, -0.15) is 11.1 Å². The molecule has 0 fully saturated rings. The fourth-order valence-electron chi connectivity index (χ4n) is 6.08. The third-order valence-electron chi connectivity index (χ3n) is 9.34. The molecule has 44 heavy (non-hydrogen) atoms. The first-order chi connectivity index (χ1) is 21.1. The van der Waals surface area contributed by atoms with Crippen LogP contribution in [0.15, 0.2) is 95.0 Å². The van der Waals surface area contributed by atoms with Gasteiger partial charge in [-0.25, -0.2) is 0 Å². The molecule has 234 valence electrons. The van der Waals surface area contributed by atoms with Crippen molar-refractivity contribution in [2.45, 2.75) is 77.8 Å². The zero-order valence-electron chi connectivity index (χ0n) is 26.5. The van der Waals surface area contributed by atoms with Crippen LogP contribution in [-0.4, -0.2) is 15.5 Å². The van der Waals surface area contributed by atoms with Gasteiger partial charge in [-0.05, 0) is 75.6 Å². The summed E-state index contributed by atoms with van der Waals surface area (Å²) in [5, 5.41) is 6.46. The molecule has 0 amide bonds. The number of halogens is 4. The van der Waals surface area contributed by atoms with Gasteiger partial charge < -0.3 is 8.83 Å². The van der Waals surface area contributed by atoms with Crippen LogP contribution in [0.25, 0.3) is 43.9 Å². The van der Waals surface area contributed by atoms with Gasteiger partial charge >= 0.3 is 0 Å². The Hall–Kier alpha value is -1.36. The van der Waals surface area contributed by atoms with Crippen LogP contribution in [0.1, 0.15) is 41.5 Å². The molecule has 2 nitrogen and oxygen atoms in total. The minimum atomic E-state index is -1.46. The maximum atomic E-state index is 6.23. The monoisotopic (exact) mass is 834 g/mol. The molecule has 0 spiro atoms. The van der Waals surface area contributed by atoms with Crippen LogP contribution in [-0.2, 0) is 0 Å². The molecule has 0 saturated carbocycles. The molecule has 0 aliphatic rings. The zero-order chi connectivity index (χ0) is 32.1. The Kier molecular flexibility index (Phi) is 12.5. The number of furan rings is 2. The van der Waals surface area contributed by atoms with Gasteiger partial charge in [0, 0.05) is 35.0 Å². The van der Waals surface area contributed by atoms with Gasteiger partial charge in [-0.3, -0.25) is 0 Å². The molecule has 4 aromatic carbocycles. The Bertz CT molecular complexity index is 1840. The molecule has 0 aliphatic carbocycles. The smallest absolute Gasteiger partial charge is 0.155 e. The second-order valence-corrected chi connectivity index (χ2v) is 26.1. The quantitative estimate of drug-likeness (QED) is 0.118. The molecule has 0 radical (unpaired) electrons. The molecule has 0 atom stereocenters. The van der Waals surface area contributed by atoms with E-state index in [0.29, 0.717) is 0 Å². The maximum Gasteiger partial charge on any atom is 0.155 e. The minimum absolute atomic E-state index is 0.900. The predicted octanol–water partition coefficient (Wildman–Crippen LogP) is 14.4. The lowest BCUT2D eigenvalue weighted by Crippen LogP contribution is -2.46. The standard InChI is InChI=1S/C18H21BrOSi.C12H6Br2O.C6H15ClSi/c1-4-21(5-2,6-3)17-12-13(19)11-16-18(17)14-9-7-8-10-15(14)20-16;13-7-5-9(14)12-8-3-1-2-4-10(8)15-11(12)6-7;1-4-8(7,5-2)6-3/h7-12H,4-6H2,1-3H3;1-6H;4-6H2,1-3H3. The topological polar surface area (TPSA) is 26.3 Å². The van der Waals surface area contributed by atoms with Crippen molar-refractivity contribution in [3.63, 3.8) is 0 Å². The van der Waals surface area contributed by atoms with Crippen molar-refractivity contribution in [1.29, 1.82) is 0 Å². The number of para-hydroxylation sites is 2. The molecule has 0 N–H and O–H groups in total. The summed E-state index contributed by atoms with van der Waals surface area (Å²) >= 11 is 16.9. The van der Waals surface area contributed by atoms with E-state index in [1.165, 1.54) is 47.0 Å². The molecular formula is C36H42Br3ClO2Si2. The summed E-state index contributed by atoms with van der Waals surface area (Å²) in [6.07, 6.45) is 0. The fraction of sp³-hybridized carbons (Fsp3) is 0.333. The van der Waals surface area contributed by atoms with Gasteiger partial charge in [0.1, 0.15) is 22.3 Å². The van der Waals surface area contributed by atoms with E-state index in [2.05, 4.69) is 126 Å². The van der Waals surface area contributed by atoms with Crippen LogP contribution in [0.2, 0.25) is 36.3 Å². The predicted molar refractivity (Wildman–Crippen MR) is 210 cm³/mol. The van der Waals surface area contributed by atoms with Crippen molar-refractivity contribution in [1.82, 2.24) is 0 Å². The van der Waals surface area contributed by atoms with Gasteiger partial charge in [0.2, 0.25) is 0 Å². The average molecular weight is 838 g/mol. The van der Waals surface area contributed by atoms with Crippen molar-refractivity contribution in [2.24, 2.45) is 0 Å². The first kappa shape index (κ1) is 35.5. The summed E-state index contributed by atoms with van der Waals surface area (Å²) in [7, 11) is -2.66. The van der Waals surface area contributed by atoms with E-state index in [0.717, 1.165) is 46.5 Å². The second kappa shape index (κ2) is 15.5. The van der Waals surface area contributed by atoms with Gasteiger partial charge in [0.25, 0.3) is 0 Å². The molecule has 0 unspecified atom stereocenters. The SMILES string of the molecule is Brc1cc(Br)c2c(c1)oc1ccccc12.CC[Si](CC)(CC)c1cc(Br)cc2oc3ccccc3c12.CC[Si](Cl)(CC)CC. The van der Waals surface area contributed by atoms with Crippen molar-refractivity contribution >= 4 is 123 Å². The van der Waals surface area contributed by atoms with E-state index in [1.807, 2.05) is 36.4 Å². The molecule has 0 aliphatic heterocycles. The number of hydrogen-bond donors (Lipinski definition) is 0. The highest BCUT2D eigenvalue weighted by atomic mass is 79.9. The largest absolute Gasteiger partial charge is 0.456 e. The third-order valence-corrected chi connectivity index (χ3v) is 22.7. The summed E-state index contributed by atoms with van der Waals surface area (Å²) < 4.78 is 15.1. The lowest BCUT2D eigenvalue weighted by molar-refractivity contribution is 0.668. The molecule has 0 bridgehead atoms. The van der Waals surface area contributed by atoms with Crippen LogP contribution >= 0.6 is 58.9 Å². The van der Waals surface area contributed by atoms with E-state index >= 15 is 0 Å². The Labute approximate surface area is 294 Å². The summed E-state index contributed by atoms with van der Waals surface area (Å²) in [6, 6.07) is 32.5. The number of hydrogen-bond acceptors (Lipinski definition) is 2. The number of benzene rings is 4.